The van der Waals surface area contributed by atoms with Crippen molar-refractivity contribution in [2.75, 3.05) is 6.61 Å². The first-order valence-corrected chi connectivity index (χ1v) is 5.68. The molecular weight excluding hydrogens is 238 g/mol. The van der Waals surface area contributed by atoms with Gasteiger partial charge >= 0.3 is 0 Å². The van der Waals surface area contributed by atoms with Gasteiger partial charge in [-0.3, -0.25) is 0 Å². The van der Waals surface area contributed by atoms with Crippen LogP contribution in [0.3, 0.4) is 0 Å². The number of halogens is 1. The molecule has 0 atom stereocenters. The molecule has 0 amide bonds. The molecule has 2 aromatic rings. The van der Waals surface area contributed by atoms with E-state index in [1.54, 1.807) is 12.1 Å². The lowest BCUT2D eigenvalue weighted by Gasteiger charge is -2.05. The van der Waals surface area contributed by atoms with Crippen LogP contribution < -0.4 is 9.47 Å². The zero-order valence-electron chi connectivity index (χ0n) is 9.17. The normalized spacial score (nSPS) is 10.2. The van der Waals surface area contributed by atoms with Crippen molar-refractivity contribution in [2.45, 2.75) is 6.42 Å². The van der Waals surface area contributed by atoms with E-state index in [1.807, 2.05) is 24.3 Å². The van der Waals surface area contributed by atoms with E-state index >= 15 is 0 Å². The fraction of sp³-hybridized carbons (Fsp3) is 0.154. The maximum Gasteiger partial charge on any atom is 0.222 e. The fourth-order valence-electron chi connectivity index (χ4n) is 1.46. The van der Waals surface area contributed by atoms with Gasteiger partial charge in [-0.05, 0) is 23.8 Å². The number of aromatic nitrogens is 1. The predicted octanol–water partition coefficient (Wildman–Crippen LogP) is 2.59. The molecule has 0 spiro atoms. The monoisotopic (exact) mass is 249 g/mol. The van der Waals surface area contributed by atoms with Crippen LogP contribution in [0, 0.1) is 5.21 Å². The molecule has 17 heavy (non-hydrogen) atoms. The molecule has 0 radical (unpaired) electrons. The lowest BCUT2D eigenvalue weighted by Crippen LogP contribution is -2.24. The molecular formula is C13H12ClNO2. The number of nitrogens with zero attached hydrogens (tertiary/aromatic N) is 1. The molecule has 88 valence electrons. The Bertz CT molecular complexity index is 485. The summed E-state index contributed by atoms with van der Waals surface area (Å²) >= 11 is 5.79. The van der Waals surface area contributed by atoms with Crippen molar-refractivity contribution >= 4 is 11.6 Å². The smallest absolute Gasteiger partial charge is 0.222 e. The minimum absolute atomic E-state index is 0.533. The van der Waals surface area contributed by atoms with E-state index in [-0.39, 0.29) is 0 Å². The molecule has 1 heterocycles. The van der Waals surface area contributed by atoms with E-state index in [0.29, 0.717) is 12.4 Å². The van der Waals surface area contributed by atoms with E-state index in [1.165, 1.54) is 12.4 Å². The van der Waals surface area contributed by atoms with Crippen molar-refractivity contribution in [1.82, 2.24) is 0 Å². The van der Waals surface area contributed by atoms with Crippen LogP contribution in [0.2, 0.25) is 5.02 Å². The molecule has 0 saturated carbocycles. The third kappa shape index (κ3) is 3.64. The molecule has 0 bridgehead atoms. The van der Waals surface area contributed by atoms with Gasteiger partial charge in [-0.15, -0.1) is 0 Å². The Morgan fingerprint density at radius 1 is 1.18 bits per heavy atom. The lowest BCUT2D eigenvalue weighted by molar-refractivity contribution is -0.605. The van der Waals surface area contributed by atoms with Gasteiger partial charge in [0.05, 0.1) is 6.61 Å². The van der Waals surface area contributed by atoms with Gasteiger partial charge in [0.2, 0.25) is 6.20 Å². The molecule has 0 fully saturated rings. The first kappa shape index (κ1) is 11.7. The van der Waals surface area contributed by atoms with Gasteiger partial charge in [0.15, 0.2) is 11.9 Å². The van der Waals surface area contributed by atoms with Crippen molar-refractivity contribution < 1.29 is 9.47 Å². The summed E-state index contributed by atoms with van der Waals surface area (Å²) in [6.45, 7) is 0.533. The minimum Gasteiger partial charge on any atom is -0.619 e. The Kier molecular flexibility index (Phi) is 3.83. The summed E-state index contributed by atoms with van der Waals surface area (Å²) in [5.74, 6) is 0.580. The number of pyridine rings is 1. The molecule has 0 N–H and O–H groups in total. The standard InChI is InChI=1S/C13H12ClNO2/c14-12-5-3-11(4-6-12)7-9-17-13-2-1-8-15(16)10-13/h1-6,8,10H,7,9H2. The Balaban J connectivity index is 1.85. The van der Waals surface area contributed by atoms with E-state index < -0.39 is 0 Å². The highest BCUT2D eigenvalue weighted by Crippen LogP contribution is 2.11. The van der Waals surface area contributed by atoms with E-state index in [9.17, 15) is 5.21 Å². The van der Waals surface area contributed by atoms with E-state index in [4.69, 9.17) is 16.3 Å². The first-order chi connectivity index (χ1) is 8.24. The van der Waals surface area contributed by atoms with Crippen LogP contribution in [0.5, 0.6) is 5.75 Å². The second-order valence-corrected chi connectivity index (χ2v) is 4.06. The lowest BCUT2D eigenvalue weighted by atomic mass is 10.2. The summed E-state index contributed by atoms with van der Waals surface area (Å²) in [5.41, 5.74) is 1.15. The largest absolute Gasteiger partial charge is 0.619 e. The van der Waals surface area contributed by atoms with Gasteiger partial charge in [0.1, 0.15) is 0 Å². The molecule has 0 aliphatic heterocycles. The summed E-state index contributed by atoms with van der Waals surface area (Å²) in [6, 6.07) is 11.0. The van der Waals surface area contributed by atoms with Gasteiger partial charge < -0.3 is 9.94 Å². The zero-order chi connectivity index (χ0) is 12.1. The average molecular weight is 250 g/mol. The Morgan fingerprint density at radius 2 is 1.94 bits per heavy atom. The number of hydrogen-bond donors (Lipinski definition) is 0. The van der Waals surface area contributed by atoms with Crippen molar-refractivity contribution in [3.8, 4) is 5.75 Å². The fourth-order valence-corrected chi connectivity index (χ4v) is 1.58. The number of rotatable bonds is 4. The molecule has 1 aromatic carbocycles. The van der Waals surface area contributed by atoms with Crippen molar-refractivity contribution in [3.05, 3.63) is 64.6 Å². The SMILES string of the molecule is [O-][n+]1cccc(OCCc2ccc(Cl)cc2)c1. The molecule has 0 saturated heterocycles. The van der Waals surface area contributed by atoms with Crippen LogP contribution in [0.15, 0.2) is 48.8 Å². The zero-order valence-corrected chi connectivity index (χ0v) is 9.93. The number of benzene rings is 1. The van der Waals surface area contributed by atoms with Crippen LogP contribution in [0.1, 0.15) is 5.56 Å². The van der Waals surface area contributed by atoms with Crippen LogP contribution in [-0.4, -0.2) is 6.61 Å². The topological polar surface area (TPSA) is 36.2 Å². The minimum atomic E-state index is 0.533. The van der Waals surface area contributed by atoms with Gasteiger partial charge in [0.25, 0.3) is 0 Å². The predicted molar refractivity (Wildman–Crippen MR) is 66.1 cm³/mol. The molecule has 0 aliphatic carbocycles. The van der Waals surface area contributed by atoms with Crippen LogP contribution in [-0.2, 0) is 6.42 Å². The van der Waals surface area contributed by atoms with E-state index in [2.05, 4.69) is 0 Å². The first-order valence-electron chi connectivity index (χ1n) is 5.30. The molecule has 1 aromatic heterocycles. The second-order valence-electron chi connectivity index (χ2n) is 3.62. The molecule has 2 rings (SSSR count). The van der Waals surface area contributed by atoms with Gasteiger partial charge in [0, 0.05) is 17.5 Å². The van der Waals surface area contributed by atoms with Crippen molar-refractivity contribution in [3.63, 3.8) is 0 Å². The van der Waals surface area contributed by atoms with Gasteiger partial charge in [-0.25, -0.2) is 0 Å². The highest BCUT2D eigenvalue weighted by Gasteiger charge is 1.98. The maximum atomic E-state index is 11.0. The highest BCUT2D eigenvalue weighted by atomic mass is 35.5. The molecule has 0 aliphatic rings. The summed E-state index contributed by atoms with van der Waals surface area (Å²) < 4.78 is 6.19. The summed E-state index contributed by atoms with van der Waals surface area (Å²) in [5, 5.41) is 11.7. The molecule has 0 unspecified atom stereocenters. The Labute approximate surface area is 105 Å². The quantitative estimate of drug-likeness (QED) is 0.617. The molecule has 4 heteroatoms. The maximum absolute atomic E-state index is 11.0. The number of ether oxygens (including phenoxy) is 1. The van der Waals surface area contributed by atoms with Crippen LogP contribution >= 0.6 is 11.6 Å². The average Bonchev–Trinajstić information content (AvgIpc) is 2.32. The van der Waals surface area contributed by atoms with Gasteiger partial charge in [-0.1, -0.05) is 23.7 Å². The second kappa shape index (κ2) is 5.55. The van der Waals surface area contributed by atoms with E-state index in [0.717, 1.165) is 21.7 Å². The van der Waals surface area contributed by atoms with Crippen LogP contribution in [0.4, 0.5) is 0 Å². The Morgan fingerprint density at radius 3 is 2.65 bits per heavy atom. The van der Waals surface area contributed by atoms with Crippen molar-refractivity contribution in [1.29, 1.82) is 0 Å². The number of hydrogen-bond acceptors (Lipinski definition) is 2. The van der Waals surface area contributed by atoms with Gasteiger partial charge in [-0.2, -0.15) is 4.73 Å². The third-order valence-electron chi connectivity index (χ3n) is 2.32. The van der Waals surface area contributed by atoms with Crippen molar-refractivity contribution in [2.24, 2.45) is 0 Å². The molecule has 3 nitrogen and oxygen atoms in total. The summed E-state index contributed by atoms with van der Waals surface area (Å²) in [6.07, 6.45) is 3.61. The summed E-state index contributed by atoms with van der Waals surface area (Å²) in [7, 11) is 0. The third-order valence-corrected chi connectivity index (χ3v) is 2.57. The highest BCUT2D eigenvalue weighted by molar-refractivity contribution is 6.30. The summed E-state index contributed by atoms with van der Waals surface area (Å²) in [4.78, 5) is 0. The Hall–Kier alpha value is -1.74. The van der Waals surface area contributed by atoms with Crippen LogP contribution in [0.25, 0.3) is 0 Å².